The van der Waals surface area contributed by atoms with Gasteiger partial charge in [0.15, 0.2) is 0 Å². The van der Waals surface area contributed by atoms with Gasteiger partial charge in [0, 0.05) is 32.8 Å². The van der Waals surface area contributed by atoms with Crippen LogP contribution in [-0.2, 0) is 20.7 Å². The molecular formula is C17H26N2O3. The number of methoxy groups -OCH3 is 1. The quantitative estimate of drug-likeness (QED) is 0.819. The summed E-state index contributed by atoms with van der Waals surface area (Å²) in [6.07, 6.45) is 0.392. The Kier molecular flexibility index (Phi) is 6.83. The number of nitrogens with one attached hydrogen (secondary N) is 1. The Balaban J connectivity index is 1.97. The van der Waals surface area contributed by atoms with E-state index in [0.29, 0.717) is 0 Å². The Labute approximate surface area is 132 Å². The predicted molar refractivity (Wildman–Crippen MR) is 85.8 cm³/mol. The molecule has 0 radical (unpaired) electrons. The van der Waals surface area contributed by atoms with E-state index in [1.165, 1.54) is 5.56 Å². The fraction of sp³-hybridized carbons (Fsp3) is 0.588. The van der Waals surface area contributed by atoms with Crippen LogP contribution in [0.3, 0.4) is 0 Å². The van der Waals surface area contributed by atoms with Crippen molar-refractivity contribution in [1.82, 2.24) is 10.2 Å². The number of morpholine rings is 1. The molecule has 0 aliphatic carbocycles. The van der Waals surface area contributed by atoms with Crippen LogP contribution in [0.25, 0.3) is 0 Å². The minimum absolute atomic E-state index is 0.0586. The molecule has 1 fully saturated rings. The summed E-state index contributed by atoms with van der Waals surface area (Å²) >= 11 is 0. The van der Waals surface area contributed by atoms with Crippen LogP contribution in [0.2, 0.25) is 0 Å². The first-order chi connectivity index (χ1) is 10.7. The highest BCUT2D eigenvalue weighted by molar-refractivity contribution is 5.80. The van der Waals surface area contributed by atoms with Crippen LogP contribution in [-0.4, -0.2) is 62.9 Å². The van der Waals surface area contributed by atoms with Gasteiger partial charge >= 0.3 is 0 Å². The second kappa shape index (κ2) is 8.88. The number of benzene rings is 1. The van der Waals surface area contributed by atoms with Crippen molar-refractivity contribution in [1.29, 1.82) is 0 Å². The van der Waals surface area contributed by atoms with Gasteiger partial charge in [0.25, 0.3) is 0 Å². The zero-order chi connectivity index (χ0) is 15.8. The summed E-state index contributed by atoms with van der Waals surface area (Å²) < 4.78 is 10.5. The smallest absolute Gasteiger partial charge is 0.249 e. The van der Waals surface area contributed by atoms with Crippen LogP contribution in [0.4, 0.5) is 0 Å². The molecule has 1 aromatic rings. The summed E-state index contributed by atoms with van der Waals surface area (Å²) in [5, 5.41) is 3.12. The maximum Gasteiger partial charge on any atom is 0.249 e. The topological polar surface area (TPSA) is 50.8 Å². The van der Waals surface area contributed by atoms with Gasteiger partial charge in [0.2, 0.25) is 5.91 Å². The van der Waals surface area contributed by atoms with E-state index in [2.05, 4.69) is 22.3 Å². The largest absolute Gasteiger partial charge is 0.379 e. The lowest BCUT2D eigenvalue weighted by molar-refractivity contribution is -0.131. The Bertz CT molecular complexity index is 446. The van der Waals surface area contributed by atoms with E-state index in [0.717, 1.165) is 39.3 Å². The molecule has 0 aromatic heterocycles. The van der Waals surface area contributed by atoms with Crippen LogP contribution >= 0.6 is 0 Å². The van der Waals surface area contributed by atoms with Gasteiger partial charge in [-0.25, -0.2) is 0 Å². The molecule has 0 spiro atoms. The van der Waals surface area contributed by atoms with Crippen LogP contribution < -0.4 is 5.32 Å². The van der Waals surface area contributed by atoms with E-state index in [1.807, 2.05) is 18.2 Å². The van der Waals surface area contributed by atoms with Crippen molar-refractivity contribution in [3.05, 3.63) is 35.9 Å². The van der Waals surface area contributed by atoms with Gasteiger partial charge < -0.3 is 14.8 Å². The summed E-state index contributed by atoms with van der Waals surface area (Å²) in [6, 6.07) is 10.3. The molecule has 1 aliphatic heterocycles. The van der Waals surface area contributed by atoms with E-state index < -0.39 is 6.10 Å². The molecule has 22 heavy (non-hydrogen) atoms. The molecule has 1 N–H and O–H groups in total. The first kappa shape index (κ1) is 16.9. The number of hydrogen-bond acceptors (Lipinski definition) is 4. The molecule has 0 bridgehead atoms. The minimum Gasteiger partial charge on any atom is -0.379 e. The Hall–Kier alpha value is -1.43. The van der Waals surface area contributed by atoms with Gasteiger partial charge in [-0.2, -0.15) is 0 Å². The second-order valence-corrected chi connectivity index (χ2v) is 5.69. The third-order valence-corrected chi connectivity index (χ3v) is 3.98. The van der Waals surface area contributed by atoms with E-state index in [9.17, 15) is 4.79 Å². The Morgan fingerprint density at radius 2 is 2.00 bits per heavy atom. The Morgan fingerprint density at radius 1 is 1.32 bits per heavy atom. The Morgan fingerprint density at radius 3 is 2.64 bits per heavy atom. The van der Waals surface area contributed by atoms with Crippen LogP contribution in [0.5, 0.6) is 0 Å². The molecular weight excluding hydrogens is 280 g/mol. The van der Waals surface area contributed by atoms with E-state index in [1.54, 1.807) is 14.0 Å². The van der Waals surface area contributed by atoms with Crippen molar-refractivity contribution in [3.63, 3.8) is 0 Å². The van der Waals surface area contributed by atoms with Crippen molar-refractivity contribution in [3.8, 4) is 0 Å². The normalized spacial score (nSPS) is 18.6. The fourth-order valence-electron chi connectivity index (χ4n) is 2.58. The summed E-state index contributed by atoms with van der Waals surface area (Å²) in [4.78, 5) is 14.5. The number of ether oxygens (including phenoxy) is 2. The average molecular weight is 306 g/mol. The number of rotatable bonds is 7. The van der Waals surface area contributed by atoms with Gasteiger partial charge in [0.05, 0.1) is 13.2 Å². The maximum atomic E-state index is 12.1. The molecule has 122 valence electrons. The predicted octanol–water partition coefficient (Wildman–Crippen LogP) is 1.08. The summed E-state index contributed by atoms with van der Waals surface area (Å²) in [5.41, 5.74) is 1.23. The van der Waals surface area contributed by atoms with Gasteiger partial charge in [0.1, 0.15) is 6.10 Å². The van der Waals surface area contributed by atoms with E-state index in [-0.39, 0.29) is 11.9 Å². The summed E-state index contributed by atoms with van der Waals surface area (Å²) in [5.74, 6) is -0.0586. The molecule has 1 aliphatic rings. The zero-order valence-corrected chi connectivity index (χ0v) is 13.5. The molecule has 5 heteroatoms. The molecule has 1 saturated heterocycles. The zero-order valence-electron chi connectivity index (χ0n) is 13.5. The molecule has 1 heterocycles. The molecule has 2 atom stereocenters. The molecule has 1 amide bonds. The number of carbonyl (C=O) groups is 1. The fourth-order valence-corrected chi connectivity index (χ4v) is 2.58. The first-order valence-corrected chi connectivity index (χ1v) is 7.86. The lowest BCUT2D eigenvalue weighted by Crippen LogP contribution is -2.50. The SMILES string of the molecule is CO[C@@H](C)C(=O)N[C@H](Cc1ccccc1)CN1CCOCC1. The summed E-state index contributed by atoms with van der Waals surface area (Å²) in [7, 11) is 1.55. The van der Waals surface area contributed by atoms with Gasteiger partial charge in [-0.05, 0) is 18.9 Å². The highest BCUT2D eigenvalue weighted by Crippen LogP contribution is 2.07. The number of amides is 1. The minimum atomic E-state index is -0.428. The van der Waals surface area contributed by atoms with Gasteiger partial charge in [-0.1, -0.05) is 30.3 Å². The standard InChI is InChI=1S/C17H26N2O3/c1-14(21-2)17(20)18-16(12-15-6-4-3-5-7-15)13-19-8-10-22-11-9-19/h3-7,14,16H,8-13H2,1-2H3,(H,18,20)/t14-,16+/m0/s1. The van der Waals surface area contributed by atoms with Crippen LogP contribution in [0, 0.1) is 0 Å². The van der Waals surface area contributed by atoms with Crippen LogP contribution in [0.1, 0.15) is 12.5 Å². The van der Waals surface area contributed by atoms with Crippen molar-refractivity contribution < 1.29 is 14.3 Å². The lowest BCUT2D eigenvalue weighted by atomic mass is 10.0. The number of nitrogens with zero attached hydrogens (tertiary/aromatic N) is 1. The van der Waals surface area contributed by atoms with Crippen LogP contribution in [0.15, 0.2) is 30.3 Å². The van der Waals surface area contributed by atoms with Crippen molar-refractivity contribution in [2.45, 2.75) is 25.5 Å². The highest BCUT2D eigenvalue weighted by Gasteiger charge is 2.21. The van der Waals surface area contributed by atoms with Gasteiger partial charge in [-0.3, -0.25) is 9.69 Å². The summed E-state index contributed by atoms with van der Waals surface area (Å²) in [6.45, 7) is 5.97. The third kappa shape index (κ3) is 5.40. The van der Waals surface area contributed by atoms with E-state index in [4.69, 9.17) is 9.47 Å². The number of hydrogen-bond donors (Lipinski definition) is 1. The van der Waals surface area contributed by atoms with Crippen molar-refractivity contribution in [2.75, 3.05) is 40.0 Å². The first-order valence-electron chi connectivity index (χ1n) is 7.86. The number of carbonyl (C=O) groups excluding carboxylic acids is 1. The second-order valence-electron chi connectivity index (χ2n) is 5.69. The molecule has 0 saturated carbocycles. The maximum absolute atomic E-state index is 12.1. The average Bonchev–Trinajstić information content (AvgIpc) is 2.55. The highest BCUT2D eigenvalue weighted by atomic mass is 16.5. The molecule has 1 aromatic carbocycles. The van der Waals surface area contributed by atoms with E-state index >= 15 is 0 Å². The molecule has 2 rings (SSSR count). The van der Waals surface area contributed by atoms with Crippen molar-refractivity contribution in [2.24, 2.45) is 0 Å². The van der Waals surface area contributed by atoms with Crippen molar-refractivity contribution >= 4 is 5.91 Å². The lowest BCUT2D eigenvalue weighted by Gasteiger charge is -2.31. The molecule has 0 unspecified atom stereocenters. The molecule has 5 nitrogen and oxygen atoms in total. The third-order valence-electron chi connectivity index (χ3n) is 3.98. The van der Waals surface area contributed by atoms with Gasteiger partial charge in [-0.15, -0.1) is 0 Å². The monoisotopic (exact) mass is 306 g/mol.